The van der Waals surface area contributed by atoms with E-state index in [1.807, 2.05) is 0 Å². The predicted octanol–water partition coefficient (Wildman–Crippen LogP) is 2.42. The van der Waals surface area contributed by atoms with Crippen molar-refractivity contribution < 1.29 is 5.11 Å². The summed E-state index contributed by atoms with van der Waals surface area (Å²) in [5.74, 6) is 0.460. The van der Waals surface area contributed by atoms with Crippen LogP contribution in [-0.2, 0) is 6.54 Å². The van der Waals surface area contributed by atoms with E-state index in [1.165, 1.54) is 6.20 Å². The molecule has 1 aliphatic rings. The smallest absolute Gasteiger partial charge is 0.223 e. The lowest BCUT2D eigenvalue weighted by molar-refractivity contribution is 0.269. The standard InChI is InChI=1S/C23H22N10O/c24-8-15-6-20-22(26-10-15)33(14-28-20)19-3-1-2-18(7-19)30-23-27-11-16(9-25)21(31-23)17-12-29-32(13-17)4-5-34/h6,10-14,18-19,34H,1-5,7H2,(H,27,30,31)/t18-,19+/m1/s1. The monoisotopic (exact) mass is 454 g/mol. The van der Waals surface area contributed by atoms with Crippen LogP contribution in [0.2, 0.25) is 0 Å². The summed E-state index contributed by atoms with van der Waals surface area (Å²) < 4.78 is 3.70. The van der Waals surface area contributed by atoms with Gasteiger partial charge in [-0.15, -0.1) is 0 Å². The highest BCUT2D eigenvalue weighted by Crippen LogP contribution is 2.32. The first kappa shape index (κ1) is 21.5. The summed E-state index contributed by atoms with van der Waals surface area (Å²) in [5, 5.41) is 35.4. The lowest BCUT2D eigenvalue weighted by Gasteiger charge is -2.30. The van der Waals surface area contributed by atoms with Gasteiger partial charge in [-0.25, -0.2) is 19.9 Å². The molecular formula is C23H22N10O. The average Bonchev–Trinajstić information content (AvgIpc) is 3.51. The first-order valence-electron chi connectivity index (χ1n) is 11.1. The fourth-order valence-corrected chi connectivity index (χ4v) is 4.44. The highest BCUT2D eigenvalue weighted by Gasteiger charge is 2.25. The second-order valence-electron chi connectivity index (χ2n) is 8.28. The molecule has 4 aromatic rings. The lowest BCUT2D eigenvalue weighted by Crippen LogP contribution is -2.29. The minimum absolute atomic E-state index is 0.0210. The Morgan fingerprint density at radius 2 is 2.03 bits per heavy atom. The van der Waals surface area contributed by atoms with E-state index in [0.29, 0.717) is 34.9 Å². The van der Waals surface area contributed by atoms with Crippen molar-refractivity contribution in [2.75, 3.05) is 11.9 Å². The Kier molecular flexibility index (Phi) is 5.85. The normalized spacial score (nSPS) is 17.9. The molecule has 4 aromatic heterocycles. The van der Waals surface area contributed by atoms with Crippen LogP contribution in [0.1, 0.15) is 42.9 Å². The van der Waals surface area contributed by atoms with Crippen LogP contribution in [0.4, 0.5) is 5.95 Å². The number of nitriles is 2. The number of hydrogen-bond donors (Lipinski definition) is 2. The summed E-state index contributed by atoms with van der Waals surface area (Å²) in [6.07, 6.45) is 12.1. The Bertz CT molecular complexity index is 1410. The topological polar surface area (TPSA) is 154 Å². The molecule has 1 aliphatic carbocycles. The first-order chi connectivity index (χ1) is 16.7. The maximum absolute atomic E-state index is 9.51. The molecule has 11 nitrogen and oxygen atoms in total. The number of nitrogens with one attached hydrogen (secondary N) is 1. The van der Waals surface area contributed by atoms with E-state index in [-0.39, 0.29) is 18.7 Å². The van der Waals surface area contributed by atoms with Crippen molar-refractivity contribution >= 4 is 17.1 Å². The zero-order valence-electron chi connectivity index (χ0n) is 18.3. The molecule has 0 unspecified atom stereocenters. The number of aromatic nitrogens is 7. The fraction of sp³-hybridized carbons (Fsp3) is 0.348. The van der Waals surface area contributed by atoms with Gasteiger partial charge < -0.3 is 15.0 Å². The van der Waals surface area contributed by atoms with Gasteiger partial charge in [0.05, 0.1) is 48.7 Å². The van der Waals surface area contributed by atoms with Gasteiger partial charge in [0.25, 0.3) is 0 Å². The maximum Gasteiger partial charge on any atom is 0.223 e. The molecule has 2 N–H and O–H groups in total. The molecule has 1 fully saturated rings. The van der Waals surface area contributed by atoms with Crippen molar-refractivity contribution in [3.63, 3.8) is 0 Å². The molecule has 2 atom stereocenters. The van der Waals surface area contributed by atoms with Crippen LogP contribution < -0.4 is 5.32 Å². The van der Waals surface area contributed by atoms with Crippen LogP contribution in [0.15, 0.2) is 37.2 Å². The number of rotatable bonds is 6. The molecule has 0 radical (unpaired) electrons. The number of imidazole rings is 1. The number of fused-ring (bicyclic) bond motifs is 1. The SMILES string of the molecule is N#Cc1cnc2c(c1)ncn2[C@H]1CCC[C@@H](Nc2ncc(C#N)c(-c3cnn(CCO)c3)n2)C1. The summed E-state index contributed by atoms with van der Waals surface area (Å²) in [4.78, 5) is 17.9. The average molecular weight is 454 g/mol. The lowest BCUT2D eigenvalue weighted by atomic mass is 9.91. The van der Waals surface area contributed by atoms with Gasteiger partial charge >= 0.3 is 0 Å². The highest BCUT2D eigenvalue weighted by atomic mass is 16.3. The van der Waals surface area contributed by atoms with Crippen LogP contribution in [0.3, 0.4) is 0 Å². The molecule has 0 spiro atoms. The van der Waals surface area contributed by atoms with Gasteiger partial charge in [0.2, 0.25) is 5.95 Å². The van der Waals surface area contributed by atoms with E-state index in [0.717, 1.165) is 36.8 Å². The molecule has 1 saturated carbocycles. The van der Waals surface area contributed by atoms with Crippen molar-refractivity contribution in [3.8, 4) is 23.4 Å². The van der Waals surface area contributed by atoms with E-state index in [2.05, 4.69) is 47.1 Å². The minimum Gasteiger partial charge on any atom is -0.394 e. The summed E-state index contributed by atoms with van der Waals surface area (Å²) in [6.45, 7) is 0.351. The predicted molar refractivity (Wildman–Crippen MR) is 122 cm³/mol. The number of hydrogen-bond acceptors (Lipinski definition) is 9. The third-order valence-corrected chi connectivity index (χ3v) is 6.06. The van der Waals surface area contributed by atoms with Gasteiger partial charge in [-0.2, -0.15) is 15.6 Å². The van der Waals surface area contributed by atoms with Gasteiger partial charge in [0.15, 0.2) is 5.65 Å². The zero-order valence-corrected chi connectivity index (χ0v) is 18.3. The van der Waals surface area contributed by atoms with Gasteiger partial charge in [-0.1, -0.05) is 0 Å². The first-order valence-corrected chi connectivity index (χ1v) is 11.1. The maximum atomic E-state index is 9.51. The minimum atomic E-state index is -0.0210. The van der Waals surface area contributed by atoms with Crippen LogP contribution in [0, 0.1) is 22.7 Å². The molecule has 0 aliphatic heterocycles. The zero-order chi connectivity index (χ0) is 23.5. The second kappa shape index (κ2) is 9.25. The Morgan fingerprint density at radius 1 is 1.12 bits per heavy atom. The van der Waals surface area contributed by atoms with Gasteiger partial charge in [0.1, 0.15) is 17.7 Å². The van der Waals surface area contributed by atoms with Crippen molar-refractivity contribution in [1.29, 1.82) is 10.5 Å². The molecule has 0 saturated heterocycles. The molecule has 0 amide bonds. The number of anilines is 1. The largest absolute Gasteiger partial charge is 0.394 e. The molecule has 4 heterocycles. The van der Waals surface area contributed by atoms with E-state index in [9.17, 15) is 5.26 Å². The Balaban J connectivity index is 1.35. The highest BCUT2D eigenvalue weighted by molar-refractivity contribution is 5.72. The molecule has 11 heteroatoms. The van der Waals surface area contributed by atoms with E-state index in [1.54, 1.807) is 35.7 Å². The Labute approximate surface area is 195 Å². The summed E-state index contributed by atoms with van der Waals surface area (Å²) in [7, 11) is 0. The summed E-state index contributed by atoms with van der Waals surface area (Å²) in [5.41, 5.74) is 3.57. The molecule has 5 rings (SSSR count). The molecule has 34 heavy (non-hydrogen) atoms. The van der Waals surface area contributed by atoms with Gasteiger partial charge in [0, 0.05) is 30.0 Å². The van der Waals surface area contributed by atoms with Crippen molar-refractivity contribution in [2.24, 2.45) is 0 Å². The fourth-order valence-electron chi connectivity index (χ4n) is 4.44. The molecular weight excluding hydrogens is 432 g/mol. The number of aliphatic hydroxyl groups is 1. The number of aliphatic hydroxyl groups excluding tert-OH is 1. The van der Waals surface area contributed by atoms with E-state index in [4.69, 9.17) is 10.4 Å². The molecule has 0 aromatic carbocycles. The Morgan fingerprint density at radius 3 is 2.85 bits per heavy atom. The van der Waals surface area contributed by atoms with Crippen LogP contribution in [-0.4, -0.2) is 52.0 Å². The van der Waals surface area contributed by atoms with E-state index < -0.39 is 0 Å². The van der Waals surface area contributed by atoms with Crippen LogP contribution in [0.25, 0.3) is 22.4 Å². The number of pyridine rings is 1. The van der Waals surface area contributed by atoms with E-state index >= 15 is 0 Å². The Hall–Kier alpha value is -4.35. The number of nitrogens with zero attached hydrogens (tertiary/aromatic N) is 9. The quantitative estimate of drug-likeness (QED) is 0.447. The van der Waals surface area contributed by atoms with Gasteiger partial charge in [-0.05, 0) is 31.7 Å². The third-order valence-electron chi connectivity index (χ3n) is 6.06. The van der Waals surface area contributed by atoms with Crippen molar-refractivity contribution in [3.05, 3.63) is 48.3 Å². The second-order valence-corrected chi connectivity index (χ2v) is 8.28. The third kappa shape index (κ3) is 4.17. The molecule has 170 valence electrons. The van der Waals surface area contributed by atoms with Gasteiger partial charge in [-0.3, -0.25) is 4.68 Å². The van der Waals surface area contributed by atoms with Crippen molar-refractivity contribution in [2.45, 2.75) is 44.3 Å². The molecule has 0 bridgehead atoms. The van der Waals surface area contributed by atoms with Crippen LogP contribution >= 0.6 is 0 Å². The summed E-state index contributed by atoms with van der Waals surface area (Å²) >= 11 is 0. The summed E-state index contributed by atoms with van der Waals surface area (Å²) in [6, 6.07) is 6.36. The van der Waals surface area contributed by atoms with Crippen molar-refractivity contribution in [1.82, 2.24) is 34.3 Å². The van der Waals surface area contributed by atoms with Crippen LogP contribution in [0.5, 0.6) is 0 Å².